The van der Waals surface area contributed by atoms with Crippen molar-refractivity contribution in [3.05, 3.63) is 22.3 Å². The second-order valence-corrected chi connectivity index (χ2v) is 5.73. The molecule has 3 heteroatoms. The van der Waals surface area contributed by atoms with Crippen molar-refractivity contribution < 1.29 is 9.84 Å². The highest BCUT2D eigenvalue weighted by Crippen LogP contribution is 2.59. The second-order valence-electron chi connectivity index (χ2n) is 5.73. The maximum atomic E-state index is 9.47. The molecule has 3 fully saturated rings. The van der Waals surface area contributed by atoms with Gasteiger partial charge in [0.05, 0.1) is 31.9 Å². The first-order chi connectivity index (χ1) is 8.31. The quantitative estimate of drug-likeness (QED) is 0.725. The summed E-state index contributed by atoms with van der Waals surface area (Å²) in [7, 11) is 0. The van der Waals surface area contributed by atoms with Crippen LogP contribution in [0.25, 0.3) is 0 Å². The van der Waals surface area contributed by atoms with Gasteiger partial charge in [0.1, 0.15) is 0 Å². The van der Waals surface area contributed by atoms with Gasteiger partial charge in [-0.05, 0) is 29.9 Å². The number of ether oxygens (including phenoxy) is 1. The van der Waals surface area contributed by atoms with Crippen LogP contribution in [0, 0.1) is 5.92 Å². The molecule has 6 aliphatic carbocycles. The number of aliphatic hydroxyl groups excluding tert-OH is 1. The number of nitrogens with zero attached hydrogens (tertiary/aromatic N) is 1. The molecule has 3 nitrogen and oxygen atoms in total. The fraction of sp³-hybridized carbons (Fsp3) is 0.714. The van der Waals surface area contributed by atoms with Crippen molar-refractivity contribution in [2.75, 3.05) is 26.4 Å². The number of morpholine rings is 1. The first-order valence-corrected chi connectivity index (χ1v) is 6.69. The number of hydrogen-bond donors (Lipinski definition) is 1. The highest BCUT2D eigenvalue weighted by atomic mass is 16.5. The van der Waals surface area contributed by atoms with Crippen LogP contribution in [-0.2, 0) is 4.74 Å². The third kappa shape index (κ3) is 1.17. The van der Waals surface area contributed by atoms with Crippen LogP contribution in [-0.4, -0.2) is 48.5 Å². The van der Waals surface area contributed by atoms with E-state index in [1.54, 1.807) is 22.3 Å². The number of rotatable bonds is 2. The maximum absolute atomic E-state index is 9.47. The topological polar surface area (TPSA) is 32.7 Å². The SMILES string of the molecule is CC1C2=C3CC(=C1C2)C3N1CCOC[C@@H]1CO. The Bertz CT molecular complexity index is 412. The summed E-state index contributed by atoms with van der Waals surface area (Å²) in [5, 5.41) is 9.47. The smallest absolute Gasteiger partial charge is 0.0645 e. The van der Waals surface area contributed by atoms with Gasteiger partial charge < -0.3 is 9.84 Å². The summed E-state index contributed by atoms with van der Waals surface area (Å²) in [5.41, 5.74) is 6.73. The first kappa shape index (κ1) is 10.3. The lowest BCUT2D eigenvalue weighted by Gasteiger charge is -2.57. The van der Waals surface area contributed by atoms with Crippen LogP contribution in [0.15, 0.2) is 22.3 Å². The molecule has 92 valence electrons. The van der Waals surface area contributed by atoms with E-state index in [9.17, 15) is 5.11 Å². The summed E-state index contributed by atoms with van der Waals surface area (Å²) in [4.78, 5) is 2.47. The Kier molecular flexibility index (Phi) is 2.08. The minimum absolute atomic E-state index is 0.202. The zero-order valence-corrected chi connectivity index (χ0v) is 10.3. The molecule has 0 aromatic rings. The zero-order chi connectivity index (χ0) is 11.6. The average Bonchev–Trinajstić information content (AvgIpc) is 2.38. The Labute approximate surface area is 102 Å². The molecule has 0 aromatic carbocycles. The molecule has 7 rings (SSSR count). The van der Waals surface area contributed by atoms with E-state index in [-0.39, 0.29) is 12.6 Å². The van der Waals surface area contributed by atoms with Gasteiger partial charge in [0.2, 0.25) is 0 Å². The Morgan fingerprint density at radius 1 is 1.24 bits per heavy atom. The van der Waals surface area contributed by atoms with Crippen LogP contribution >= 0.6 is 0 Å². The molecule has 0 amide bonds. The molecule has 2 saturated carbocycles. The van der Waals surface area contributed by atoms with Crippen LogP contribution in [0.3, 0.4) is 0 Å². The van der Waals surface area contributed by atoms with E-state index in [0.29, 0.717) is 12.6 Å². The van der Waals surface area contributed by atoms with Gasteiger partial charge in [-0.3, -0.25) is 4.90 Å². The Balaban J connectivity index is 1.64. The lowest BCUT2D eigenvalue weighted by atomic mass is 9.55. The van der Waals surface area contributed by atoms with Gasteiger partial charge in [-0.15, -0.1) is 0 Å². The van der Waals surface area contributed by atoms with Gasteiger partial charge in [-0.25, -0.2) is 0 Å². The summed E-state index contributed by atoms with van der Waals surface area (Å²) in [6.45, 7) is 5.03. The molecule has 1 atom stereocenters. The zero-order valence-electron chi connectivity index (χ0n) is 10.3. The molecular formula is C14H19NO2. The summed E-state index contributed by atoms with van der Waals surface area (Å²) in [5.74, 6) is 0.749. The van der Waals surface area contributed by atoms with E-state index in [1.807, 2.05) is 0 Å². The maximum Gasteiger partial charge on any atom is 0.0645 e. The van der Waals surface area contributed by atoms with Crippen molar-refractivity contribution in [2.24, 2.45) is 5.92 Å². The molecule has 0 spiro atoms. The van der Waals surface area contributed by atoms with E-state index in [4.69, 9.17) is 4.74 Å². The normalized spacial score (nSPS) is 40.2. The number of hydrogen-bond acceptors (Lipinski definition) is 3. The summed E-state index contributed by atoms with van der Waals surface area (Å²) in [6, 6.07) is 0.749. The lowest BCUT2D eigenvalue weighted by Crippen LogP contribution is -2.59. The monoisotopic (exact) mass is 233 g/mol. The molecular weight excluding hydrogens is 214 g/mol. The molecule has 1 heterocycles. The van der Waals surface area contributed by atoms with Gasteiger partial charge in [0.25, 0.3) is 0 Å². The highest BCUT2D eigenvalue weighted by Gasteiger charge is 2.50. The number of allylic oxidation sites excluding steroid dienone is 2. The fourth-order valence-corrected chi connectivity index (χ4v) is 4.00. The van der Waals surface area contributed by atoms with Gasteiger partial charge >= 0.3 is 0 Å². The van der Waals surface area contributed by atoms with Crippen LogP contribution in [0.5, 0.6) is 0 Å². The van der Waals surface area contributed by atoms with Crippen LogP contribution in [0.2, 0.25) is 0 Å². The van der Waals surface area contributed by atoms with Crippen molar-refractivity contribution in [3.8, 4) is 0 Å². The van der Waals surface area contributed by atoms with E-state index in [2.05, 4.69) is 11.8 Å². The molecule has 1 saturated heterocycles. The van der Waals surface area contributed by atoms with Crippen molar-refractivity contribution in [1.82, 2.24) is 4.90 Å². The number of aliphatic hydroxyl groups is 1. The van der Waals surface area contributed by atoms with E-state index in [0.717, 1.165) is 19.1 Å². The van der Waals surface area contributed by atoms with Crippen LogP contribution in [0.1, 0.15) is 19.8 Å². The molecule has 0 aromatic heterocycles. The molecule has 0 radical (unpaired) electrons. The fourth-order valence-electron chi connectivity index (χ4n) is 4.00. The van der Waals surface area contributed by atoms with Crippen molar-refractivity contribution in [2.45, 2.75) is 31.8 Å². The van der Waals surface area contributed by atoms with Crippen LogP contribution < -0.4 is 0 Å². The van der Waals surface area contributed by atoms with E-state index >= 15 is 0 Å². The standard InChI is InChI=1S/C14H19NO2/c1-8-10-4-11(8)13-5-12(10)14(13)15-2-3-17-7-9(15)6-16/h8-9,14,16H,2-7H2,1H3/t8?,9-,14?/m0/s1. The molecule has 1 N–H and O–H groups in total. The molecule has 7 aliphatic rings. The summed E-state index contributed by atoms with van der Waals surface area (Å²) >= 11 is 0. The summed E-state index contributed by atoms with van der Waals surface area (Å²) in [6.07, 6.45) is 2.49. The first-order valence-electron chi connectivity index (χ1n) is 6.69. The summed E-state index contributed by atoms with van der Waals surface area (Å²) < 4.78 is 5.47. The molecule has 1 aliphatic heterocycles. The molecule has 0 unspecified atom stereocenters. The highest BCUT2D eigenvalue weighted by molar-refractivity contribution is 5.62. The van der Waals surface area contributed by atoms with Crippen molar-refractivity contribution in [3.63, 3.8) is 0 Å². The lowest BCUT2D eigenvalue weighted by molar-refractivity contribution is -0.0416. The average molecular weight is 233 g/mol. The molecule has 4 bridgehead atoms. The Hall–Kier alpha value is -0.640. The predicted octanol–water partition coefficient (Wildman–Crippen LogP) is 1.10. The third-order valence-corrected chi connectivity index (χ3v) is 5.11. The minimum atomic E-state index is 0.202. The van der Waals surface area contributed by atoms with Gasteiger partial charge in [-0.1, -0.05) is 18.1 Å². The molecule has 17 heavy (non-hydrogen) atoms. The van der Waals surface area contributed by atoms with Gasteiger partial charge in [-0.2, -0.15) is 0 Å². The van der Waals surface area contributed by atoms with E-state index in [1.165, 1.54) is 12.8 Å². The third-order valence-electron chi connectivity index (χ3n) is 5.11. The van der Waals surface area contributed by atoms with Crippen molar-refractivity contribution in [1.29, 1.82) is 0 Å². The van der Waals surface area contributed by atoms with Gasteiger partial charge in [0.15, 0.2) is 0 Å². The van der Waals surface area contributed by atoms with E-state index < -0.39 is 0 Å². The Morgan fingerprint density at radius 3 is 2.59 bits per heavy atom. The van der Waals surface area contributed by atoms with Gasteiger partial charge in [0, 0.05) is 6.54 Å². The van der Waals surface area contributed by atoms with Crippen molar-refractivity contribution >= 4 is 0 Å². The minimum Gasteiger partial charge on any atom is -0.395 e. The predicted molar refractivity (Wildman–Crippen MR) is 64.6 cm³/mol. The Morgan fingerprint density at radius 2 is 1.94 bits per heavy atom. The van der Waals surface area contributed by atoms with Crippen LogP contribution in [0.4, 0.5) is 0 Å². The second kappa shape index (κ2) is 3.44. The largest absolute Gasteiger partial charge is 0.395 e.